The molecule has 0 radical (unpaired) electrons. The minimum atomic E-state index is -3.61. The second kappa shape index (κ2) is 10.2. The monoisotopic (exact) mass is 427 g/mol. The molecule has 0 saturated carbocycles. The van der Waals surface area contributed by atoms with E-state index in [0.29, 0.717) is 18.8 Å². The van der Waals surface area contributed by atoms with Crippen LogP contribution in [0.15, 0.2) is 23.1 Å². The van der Waals surface area contributed by atoms with E-state index in [1.54, 1.807) is 40.0 Å². The van der Waals surface area contributed by atoms with E-state index in [9.17, 15) is 18.0 Å². The molecular weight excluding hydrogens is 392 g/mol. The zero-order valence-corrected chi connectivity index (χ0v) is 19.4. The third-order valence-corrected chi connectivity index (χ3v) is 6.31. The molecule has 1 aromatic carbocycles. The molecule has 8 nitrogen and oxygen atoms in total. The lowest BCUT2D eigenvalue weighted by atomic mass is 10.1. The zero-order chi connectivity index (χ0) is 22.4. The number of benzene rings is 1. The Labute approximate surface area is 174 Å². The zero-order valence-electron chi connectivity index (χ0n) is 18.5. The van der Waals surface area contributed by atoms with Crippen LogP contribution in [0.25, 0.3) is 0 Å². The van der Waals surface area contributed by atoms with Gasteiger partial charge in [-0.3, -0.25) is 9.59 Å². The standard InChI is InChI=1S/C20H34N4O4S/c1-8-24(9-2)29(27,28)16-11-10-15(3)17(12-16)21-18(25)13-23(7)14-19(26)22-20(4,5)6/h10-12H,8-9,13-14H2,1-7H3,(H,21,25)(H,22,26)/p+1. The molecule has 0 bridgehead atoms. The molecule has 0 saturated heterocycles. The van der Waals surface area contributed by atoms with Crippen molar-refractivity contribution >= 4 is 27.5 Å². The van der Waals surface area contributed by atoms with Crippen molar-refractivity contribution in [2.24, 2.45) is 0 Å². The first-order valence-electron chi connectivity index (χ1n) is 9.83. The Morgan fingerprint density at radius 2 is 1.62 bits per heavy atom. The summed E-state index contributed by atoms with van der Waals surface area (Å²) in [7, 11) is -1.85. The maximum Gasteiger partial charge on any atom is 0.279 e. The van der Waals surface area contributed by atoms with Gasteiger partial charge in [0.05, 0.1) is 11.9 Å². The molecule has 1 rings (SSSR count). The summed E-state index contributed by atoms with van der Waals surface area (Å²) in [5, 5.41) is 5.64. The maximum atomic E-state index is 12.7. The minimum Gasteiger partial charge on any atom is -0.347 e. The fourth-order valence-corrected chi connectivity index (χ4v) is 4.36. The molecule has 29 heavy (non-hydrogen) atoms. The molecule has 0 spiro atoms. The molecule has 1 unspecified atom stereocenters. The molecular formula is C20H35N4O4S+. The van der Waals surface area contributed by atoms with E-state index in [1.807, 2.05) is 20.8 Å². The first-order valence-corrected chi connectivity index (χ1v) is 11.3. The first-order chi connectivity index (χ1) is 13.3. The fraction of sp³-hybridized carbons (Fsp3) is 0.600. The van der Waals surface area contributed by atoms with Gasteiger partial charge < -0.3 is 15.5 Å². The predicted molar refractivity (Wildman–Crippen MR) is 114 cm³/mol. The fourth-order valence-electron chi connectivity index (χ4n) is 2.88. The van der Waals surface area contributed by atoms with Crippen LogP contribution in [0, 0.1) is 6.92 Å². The number of quaternary nitrogens is 1. The van der Waals surface area contributed by atoms with Crippen molar-refractivity contribution in [1.82, 2.24) is 9.62 Å². The van der Waals surface area contributed by atoms with Gasteiger partial charge in [0.25, 0.3) is 11.8 Å². The molecule has 1 atom stereocenters. The van der Waals surface area contributed by atoms with Gasteiger partial charge in [-0.2, -0.15) is 4.31 Å². The van der Waals surface area contributed by atoms with Crippen molar-refractivity contribution in [2.75, 3.05) is 38.5 Å². The summed E-state index contributed by atoms with van der Waals surface area (Å²) in [6, 6.07) is 4.72. The van der Waals surface area contributed by atoms with Gasteiger partial charge in [0, 0.05) is 24.3 Å². The summed E-state index contributed by atoms with van der Waals surface area (Å²) >= 11 is 0. The smallest absolute Gasteiger partial charge is 0.279 e. The topological polar surface area (TPSA) is 100 Å². The number of amides is 2. The Morgan fingerprint density at radius 3 is 2.14 bits per heavy atom. The highest BCUT2D eigenvalue weighted by atomic mass is 32.2. The molecule has 0 aliphatic heterocycles. The first kappa shape index (κ1) is 25.1. The van der Waals surface area contributed by atoms with E-state index in [4.69, 9.17) is 0 Å². The van der Waals surface area contributed by atoms with Crippen LogP contribution in [-0.2, 0) is 19.6 Å². The third kappa shape index (κ3) is 7.75. The average Bonchev–Trinajstić information content (AvgIpc) is 2.55. The van der Waals surface area contributed by atoms with Gasteiger partial charge in [0.15, 0.2) is 13.1 Å². The summed E-state index contributed by atoms with van der Waals surface area (Å²) in [6.45, 7) is 12.1. The van der Waals surface area contributed by atoms with Gasteiger partial charge in [-0.25, -0.2) is 8.42 Å². The van der Waals surface area contributed by atoms with Gasteiger partial charge in [0.2, 0.25) is 10.0 Å². The number of hydrogen-bond donors (Lipinski definition) is 3. The van der Waals surface area contributed by atoms with Crippen molar-refractivity contribution in [3.05, 3.63) is 23.8 Å². The van der Waals surface area contributed by atoms with E-state index in [1.165, 1.54) is 10.4 Å². The van der Waals surface area contributed by atoms with Crippen LogP contribution >= 0.6 is 0 Å². The molecule has 0 heterocycles. The van der Waals surface area contributed by atoms with Crippen LogP contribution in [0.2, 0.25) is 0 Å². The van der Waals surface area contributed by atoms with Crippen LogP contribution in [0.3, 0.4) is 0 Å². The molecule has 0 aliphatic rings. The lowest BCUT2D eigenvalue weighted by molar-refractivity contribution is -0.862. The number of rotatable bonds is 9. The highest BCUT2D eigenvalue weighted by molar-refractivity contribution is 7.89. The Kier molecular flexibility index (Phi) is 8.80. The molecule has 164 valence electrons. The Balaban J connectivity index is 2.85. The highest BCUT2D eigenvalue weighted by Gasteiger charge is 2.23. The van der Waals surface area contributed by atoms with Gasteiger partial charge >= 0.3 is 0 Å². The van der Waals surface area contributed by atoms with Crippen molar-refractivity contribution in [3.63, 3.8) is 0 Å². The number of carbonyl (C=O) groups excluding carboxylic acids is 2. The SMILES string of the molecule is CCN(CC)S(=O)(=O)c1ccc(C)c(NC(=O)C[NH+](C)CC(=O)NC(C)(C)C)c1. The van der Waals surface area contributed by atoms with E-state index < -0.39 is 10.0 Å². The predicted octanol–water partition coefficient (Wildman–Crippen LogP) is 0.393. The van der Waals surface area contributed by atoms with Crippen molar-refractivity contribution in [1.29, 1.82) is 0 Å². The van der Waals surface area contributed by atoms with Crippen LogP contribution in [0.5, 0.6) is 0 Å². The summed E-state index contributed by atoms with van der Waals surface area (Å²) < 4.78 is 26.8. The molecule has 0 aromatic heterocycles. The quantitative estimate of drug-likeness (QED) is 0.531. The van der Waals surface area contributed by atoms with E-state index in [0.717, 1.165) is 10.5 Å². The number of anilines is 1. The molecule has 0 aliphatic carbocycles. The maximum absolute atomic E-state index is 12.7. The lowest BCUT2D eigenvalue weighted by Crippen LogP contribution is -3.11. The van der Waals surface area contributed by atoms with Crippen LogP contribution < -0.4 is 15.5 Å². The molecule has 2 amide bonds. The number of nitrogens with zero attached hydrogens (tertiary/aromatic N) is 1. The molecule has 3 N–H and O–H groups in total. The number of carbonyl (C=O) groups is 2. The number of hydrogen-bond acceptors (Lipinski definition) is 4. The molecule has 9 heteroatoms. The Hall–Kier alpha value is -1.97. The lowest BCUT2D eigenvalue weighted by Gasteiger charge is -2.22. The number of aryl methyl sites for hydroxylation is 1. The van der Waals surface area contributed by atoms with Crippen molar-refractivity contribution < 1.29 is 22.9 Å². The van der Waals surface area contributed by atoms with Crippen LogP contribution in [0.1, 0.15) is 40.2 Å². The largest absolute Gasteiger partial charge is 0.347 e. The van der Waals surface area contributed by atoms with Crippen LogP contribution in [-0.4, -0.2) is 63.3 Å². The third-order valence-electron chi connectivity index (χ3n) is 4.27. The van der Waals surface area contributed by atoms with Gasteiger partial charge in [-0.05, 0) is 45.4 Å². The number of sulfonamides is 1. The normalized spacial score (nSPS) is 13.2. The Morgan fingerprint density at radius 1 is 1.07 bits per heavy atom. The summed E-state index contributed by atoms with van der Waals surface area (Å²) in [4.78, 5) is 25.3. The second-order valence-electron chi connectivity index (χ2n) is 8.22. The Bertz CT molecular complexity index is 827. The number of likely N-dealkylation sites (N-methyl/N-ethyl adjacent to an activating group) is 1. The van der Waals surface area contributed by atoms with Gasteiger partial charge in [0.1, 0.15) is 0 Å². The van der Waals surface area contributed by atoms with Crippen LogP contribution in [0.4, 0.5) is 5.69 Å². The van der Waals surface area contributed by atoms with E-state index in [-0.39, 0.29) is 35.3 Å². The van der Waals surface area contributed by atoms with E-state index in [2.05, 4.69) is 10.6 Å². The highest BCUT2D eigenvalue weighted by Crippen LogP contribution is 2.22. The van der Waals surface area contributed by atoms with Crippen molar-refractivity contribution in [2.45, 2.75) is 52.0 Å². The summed E-state index contributed by atoms with van der Waals surface area (Å²) in [5.74, 6) is -0.419. The van der Waals surface area contributed by atoms with Gasteiger partial charge in [-0.15, -0.1) is 0 Å². The summed E-state index contributed by atoms with van der Waals surface area (Å²) in [6.07, 6.45) is 0. The minimum absolute atomic E-state index is 0.0873. The second-order valence-corrected chi connectivity index (χ2v) is 10.2. The molecule has 0 fully saturated rings. The number of nitrogens with one attached hydrogen (secondary N) is 3. The van der Waals surface area contributed by atoms with E-state index >= 15 is 0 Å². The summed E-state index contributed by atoms with van der Waals surface area (Å²) in [5.41, 5.74) is 0.892. The average molecular weight is 428 g/mol. The molecule has 1 aromatic rings. The van der Waals surface area contributed by atoms with Gasteiger partial charge in [-0.1, -0.05) is 19.9 Å². The van der Waals surface area contributed by atoms with Crippen molar-refractivity contribution in [3.8, 4) is 0 Å².